The van der Waals surface area contributed by atoms with E-state index >= 15 is 0 Å². The molecule has 1 aliphatic heterocycles. The lowest BCUT2D eigenvalue weighted by molar-refractivity contribution is 0.430. The molecule has 0 bridgehead atoms. The SMILES string of the molecule is CNCCC1CCCCN1c1ccn2nccc2n1. The minimum absolute atomic E-state index is 0.610. The van der Waals surface area contributed by atoms with Crippen LogP contribution in [0.2, 0.25) is 0 Å². The first-order chi connectivity index (χ1) is 9.38. The third kappa shape index (κ3) is 2.56. The zero-order chi connectivity index (χ0) is 13.1. The number of hydrogen-bond donors (Lipinski definition) is 1. The Labute approximate surface area is 113 Å². The third-order valence-electron chi connectivity index (χ3n) is 3.89. The second kappa shape index (κ2) is 5.57. The van der Waals surface area contributed by atoms with Crippen LogP contribution in [0.25, 0.3) is 5.65 Å². The molecule has 3 rings (SSSR count). The molecule has 0 amide bonds. The summed E-state index contributed by atoms with van der Waals surface area (Å²) < 4.78 is 1.82. The van der Waals surface area contributed by atoms with Gasteiger partial charge in [-0.3, -0.25) is 0 Å². The van der Waals surface area contributed by atoms with E-state index in [2.05, 4.69) is 21.4 Å². The van der Waals surface area contributed by atoms with Gasteiger partial charge >= 0.3 is 0 Å². The number of hydrogen-bond acceptors (Lipinski definition) is 4. The van der Waals surface area contributed by atoms with E-state index in [4.69, 9.17) is 4.98 Å². The summed E-state index contributed by atoms with van der Waals surface area (Å²) >= 11 is 0. The molecule has 1 fully saturated rings. The van der Waals surface area contributed by atoms with Gasteiger partial charge in [0.25, 0.3) is 0 Å². The highest BCUT2D eigenvalue weighted by molar-refractivity contribution is 5.48. The minimum Gasteiger partial charge on any atom is -0.353 e. The fraction of sp³-hybridized carbons (Fsp3) is 0.571. The van der Waals surface area contributed by atoms with Crippen LogP contribution in [0.1, 0.15) is 25.7 Å². The van der Waals surface area contributed by atoms with E-state index in [0.29, 0.717) is 6.04 Å². The van der Waals surface area contributed by atoms with Crippen LogP contribution in [0.15, 0.2) is 24.5 Å². The number of nitrogens with one attached hydrogen (secondary N) is 1. The van der Waals surface area contributed by atoms with Crippen molar-refractivity contribution in [2.24, 2.45) is 0 Å². The van der Waals surface area contributed by atoms with Gasteiger partial charge in [0.1, 0.15) is 5.82 Å². The topological polar surface area (TPSA) is 45.5 Å². The van der Waals surface area contributed by atoms with E-state index in [-0.39, 0.29) is 0 Å². The molecular formula is C14H21N5. The summed E-state index contributed by atoms with van der Waals surface area (Å²) in [5.74, 6) is 1.09. The summed E-state index contributed by atoms with van der Waals surface area (Å²) in [6, 6.07) is 4.65. The Balaban J connectivity index is 1.84. The molecule has 2 aromatic heterocycles. The van der Waals surface area contributed by atoms with E-state index in [1.165, 1.54) is 25.7 Å². The quantitative estimate of drug-likeness (QED) is 0.907. The highest BCUT2D eigenvalue weighted by Crippen LogP contribution is 2.25. The van der Waals surface area contributed by atoms with Gasteiger partial charge < -0.3 is 10.2 Å². The molecule has 0 radical (unpaired) electrons. The predicted octanol–water partition coefficient (Wildman–Crippen LogP) is 1.70. The van der Waals surface area contributed by atoms with Crippen molar-refractivity contribution in [3.63, 3.8) is 0 Å². The highest BCUT2D eigenvalue weighted by Gasteiger charge is 2.23. The van der Waals surface area contributed by atoms with Gasteiger partial charge in [-0.05, 0) is 45.3 Å². The zero-order valence-corrected chi connectivity index (χ0v) is 11.4. The van der Waals surface area contributed by atoms with E-state index < -0.39 is 0 Å². The molecule has 0 spiro atoms. The van der Waals surface area contributed by atoms with Crippen molar-refractivity contribution < 1.29 is 0 Å². The Kier molecular flexibility index (Phi) is 3.64. The van der Waals surface area contributed by atoms with Gasteiger partial charge in [0.05, 0.1) is 6.20 Å². The maximum atomic E-state index is 4.72. The van der Waals surface area contributed by atoms with Crippen LogP contribution in [0.5, 0.6) is 0 Å². The Morgan fingerprint density at radius 1 is 1.37 bits per heavy atom. The van der Waals surface area contributed by atoms with E-state index in [1.807, 2.05) is 23.8 Å². The minimum atomic E-state index is 0.610. The zero-order valence-electron chi connectivity index (χ0n) is 11.4. The molecule has 5 heteroatoms. The first kappa shape index (κ1) is 12.4. The largest absolute Gasteiger partial charge is 0.353 e. The van der Waals surface area contributed by atoms with E-state index in [9.17, 15) is 0 Å². The molecule has 1 saturated heterocycles. The van der Waals surface area contributed by atoms with E-state index in [1.54, 1.807) is 6.20 Å². The molecule has 0 saturated carbocycles. The van der Waals surface area contributed by atoms with Crippen molar-refractivity contribution in [2.45, 2.75) is 31.7 Å². The van der Waals surface area contributed by atoms with Gasteiger partial charge in [-0.15, -0.1) is 0 Å². The summed E-state index contributed by atoms with van der Waals surface area (Å²) in [5.41, 5.74) is 0.926. The van der Waals surface area contributed by atoms with E-state index in [0.717, 1.165) is 24.6 Å². The maximum absolute atomic E-state index is 4.72. The molecule has 1 N–H and O–H groups in total. The van der Waals surface area contributed by atoms with Gasteiger partial charge in [-0.2, -0.15) is 5.10 Å². The molecule has 5 nitrogen and oxygen atoms in total. The van der Waals surface area contributed by atoms with Gasteiger partial charge in [-0.25, -0.2) is 9.50 Å². The van der Waals surface area contributed by atoms with Crippen molar-refractivity contribution in [2.75, 3.05) is 25.0 Å². The lowest BCUT2D eigenvalue weighted by Crippen LogP contribution is -2.41. The molecule has 1 aliphatic rings. The Morgan fingerprint density at radius 2 is 2.32 bits per heavy atom. The van der Waals surface area contributed by atoms with Crippen molar-refractivity contribution in [3.05, 3.63) is 24.5 Å². The van der Waals surface area contributed by atoms with Crippen LogP contribution in [-0.2, 0) is 0 Å². The second-order valence-corrected chi connectivity index (χ2v) is 5.15. The number of rotatable bonds is 4. The van der Waals surface area contributed by atoms with Gasteiger partial charge in [-0.1, -0.05) is 0 Å². The number of piperidine rings is 1. The third-order valence-corrected chi connectivity index (χ3v) is 3.89. The smallest absolute Gasteiger partial charge is 0.157 e. The monoisotopic (exact) mass is 259 g/mol. The van der Waals surface area contributed by atoms with Gasteiger partial charge in [0, 0.05) is 24.8 Å². The van der Waals surface area contributed by atoms with Gasteiger partial charge in [0.2, 0.25) is 0 Å². The van der Waals surface area contributed by atoms with Crippen molar-refractivity contribution in [1.82, 2.24) is 19.9 Å². The average molecular weight is 259 g/mol. The standard InChI is InChI=1S/C14H21N5/c1-15-8-5-12-4-2-3-10-18(12)13-7-11-19-14(17-13)6-9-16-19/h6-7,9,11-12,15H,2-5,8,10H2,1H3. The maximum Gasteiger partial charge on any atom is 0.157 e. The Hall–Kier alpha value is -1.62. The summed E-state index contributed by atoms with van der Waals surface area (Å²) in [4.78, 5) is 7.19. The van der Waals surface area contributed by atoms with Gasteiger partial charge in [0.15, 0.2) is 5.65 Å². The fourth-order valence-corrected chi connectivity index (χ4v) is 2.88. The second-order valence-electron chi connectivity index (χ2n) is 5.15. The van der Waals surface area contributed by atoms with Crippen LogP contribution < -0.4 is 10.2 Å². The summed E-state index contributed by atoms with van der Waals surface area (Å²) in [7, 11) is 2.02. The molecular weight excluding hydrogens is 238 g/mol. The van der Waals surface area contributed by atoms with Crippen molar-refractivity contribution in [1.29, 1.82) is 0 Å². The summed E-state index contributed by atoms with van der Waals surface area (Å²) in [6.45, 7) is 2.18. The first-order valence-electron chi connectivity index (χ1n) is 7.10. The lowest BCUT2D eigenvalue weighted by Gasteiger charge is -2.36. The van der Waals surface area contributed by atoms with Crippen LogP contribution in [0, 0.1) is 0 Å². The molecule has 2 aromatic rings. The molecule has 0 aliphatic carbocycles. The number of nitrogens with zero attached hydrogens (tertiary/aromatic N) is 4. The highest BCUT2D eigenvalue weighted by atomic mass is 15.3. The number of fused-ring (bicyclic) bond motifs is 1. The lowest BCUT2D eigenvalue weighted by atomic mass is 9.99. The molecule has 1 unspecified atom stereocenters. The van der Waals surface area contributed by atoms with Crippen molar-refractivity contribution >= 4 is 11.5 Å². The molecule has 0 aromatic carbocycles. The summed E-state index contributed by atoms with van der Waals surface area (Å²) in [6.07, 6.45) is 8.85. The first-order valence-corrected chi connectivity index (χ1v) is 7.10. The molecule has 3 heterocycles. The van der Waals surface area contributed by atoms with Crippen LogP contribution in [-0.4, -0.2) is 40.8 Å². The number of anilines is 1. The Morgan fingerprint density at radius 3 is 3.21 bits per heavy atom. The molecule has 19 heavy (non-hydrogen) atoms. The number of aromatic nitrogens is 3. The summed E-state index contributed by atoms with van der Waals surface area (Å²) in [5, 5.41) is 7.45. The normalized spacial score (nSPS) is 20.1. The van der Waals surface area contributed by atoms with Crippen LogP contribution >= 0.6 is 0 Å². The van der Waals surface area contributed by atoms with Crippen LogP contribution in [0.4, 0.5) is 5.82 Å². The van der Waals surface area contributed by atoms with Crippen LogP contribution in [0.3, 0.4) is 0 Å². The predicted molar refractivity (Wildman–Crippen MR) is 76.5 cm³/mol. The fourth-order valence-electron chi connectivity index (χ4n) is 2.88. The molecule has 102 valence electrons. The molecule has 1 atom stereocenters. The Bertz CT molecular complexity index is 535. The average Bonchev–Trinajstić information content (AvgIpc) is 2.92. The van der Waals surface area contributed by atoms with Crippen molar-refractivity contribution in [3.8, 4) is 0 Å².